The lowest BCUT2D eigenvalue weighted by atomic mass is 10.2. The van der Waals surface area contributed by atoms with Crippen molar-refractivity contribution in [2.75, 3.05) is 0 Å². The molecule has 0 aliphatic rings. The van der Waals surface area contributed by atoms with Crippen molar-refractivity contribution in [1.29, 1.82) is 5.41 Å². The van der Waals surface area contributed by atoms with Gasteiger partial charge in [-0.25, -0.2) is 5.43 Å². The summed E-state index contributed by atoms with van der Waals surface area (Å²) in [6.07, 6.45) is 1.38. The first-order valence-electron chi connectivity index (χ1n) is 3.78. The van der Waals surface area contributed by atoms with Crippen LogP contribution in [0.5, 0.6) is 0 Å². The molecule has 0 spiro atoms. The Bertz CT molecular complexity index is 419. The maximum atomic E-state index is 6.87. The fourth-order valence-electron chi connectivity index (χ4n) is 0.841. The van der Waals surface area contributed by atoms with Crippen LogP contribution in [0.15, 0.2) is 17.2 Å². The van der Waals surface area contributed by atoms with Crippen molar-refractivity contribution in [2.45, 2.75) is 0 Å². The molecule has 8 heteroatoms. The number of hydrazone groups is 1. The smallest absolute Gasteiger partial charge is 0.206 e. The highest BCUT2D eigenvalue weighted by atomic mass is 35.5. The monoisotopic (exact) mass is 300 g/mol. The molecule has 0 fully saturated rings. The van der Waals surface area contributed by atoms with Crippen LogP contribution in [0.25, 0.3) is 0 Å². The number of guanidine groups is 1. The first kappa shape index (κ1) is 15.3. The van der Waals surface area contributed by atoms with E-state index in [0.29, 0.717) is 20.6 Å². The predicted molar refractivity (Wildman–Crippen MR) is 71.4 cm³/mol. The highest BCUT2D eigenvalue weighted by molar-refractivity contribution is 6.44. The molecule has 1 aromatic carbocycles. The number of nitrogens with zero attached hydrogens (tertiary/aromatic N) is 1. The highest BCUT2D eigenvalue weighted by Crippen LogP contribution is 2.28. The summed E-state index contributed by atoms with van der Waals surface area (Å²) < 4.78 is 0. The Balaban J connectivity index is 0.00000225. The molecule has 0 radical (unpaired) electrons. The van der Waals surface area contributed by atoms with Crippen molar-refractivity contribution >= 4 is 59.4 Å². The lowest BCUT2D eigenvalue weighted by Gasteiger charge is -2.01. The molecule has 0 bridgehead atoms. The Morgan fingerprint density at radius 3 is 2.56 bits per heavy atom. The summed E-state index contributed by atoms with van der Waals surface area (Å²) in [5.41, 5.74) is 7.82. The lowest BCUT2D eigenvalue weighted by molar-refractivity contribution is 1.00. The molecule has 4 N–H and O–H groups in total. The fourth-order valence-corrected chi connectivity index (χ4v) is 1.51. The quantitative estimate of drug-likeness (QED) is 0.340. The largest absolute Gasteiger partial charge is 0.369 e. The van der Waals surface area contributed by atoms with Crippen LogP contribution >= 0.6 is 47.2 Å². The van der Waals surface area contributed by atoms with Crippen molar-refractivity contribution in [3.8, 4) is 0 Å². The van der Waals surface area contributed by atoms with Crippen LogP contribution in [0.4, 0.5) is 0 Å². The molecule has 0 atom stereocenters. The molecule has 0 aliphatic heterocycles. The number of hydrogen-bond donors (Lipinski definition) is 3. The molecule has 1 aromatic rings. The van der Waals surface area contributed by atoms with Gasteiger partial charge in [0.1, 0.15) is 0 Å². The van der Waals surface area contributed by atoms with Crippen LogP contribution < -0.4 is 11.2 Å². The maximum absolute atomic E-state index is 6.87. The van der Waals surface area contributed by atoms with E-state index in [2.05, 4.69) is 10.5 Å². The van der Waals surface area contributed by atoms with Gasteiger partial charge in [0.2, 0.25) is 5.96 Å². The van der Waals surface area contributed by atoms with E-state index in [1.165, 1.54) is 12.3 Å². The molecule has 1 rings (SSSR count). The molecule has 0 saturated carbocycles. The average Bonchev–Trinajstić information content (AvgIpc) is 2.12. The number of hydrogen-bond acceptors (Lipinski definition) is 2. The van der Waals surface area contributed by atoms with Crippen molar-refractivity contribution in [2.24, 2.45) is 10.8 Å². The molecule has 0 unspecified atom stereocenters. The molecule has 16 heavy (non-hydrogen) atoms. The number of rotatable bonds is 2. The van der Waals surface area contributed by atoms with Crippen molar-refractivity contribution in [1.82, 2.24) is 5.43 Å². The number of nitrogens with one attached hydrogen (secondary N) is 2. The average molecular weight is 302 g/mol. The molecule has 0 aromatic heterocycles. The summed E-state index contributed by atoms with van der Waals surface area (Å²) >= 11 is 17.5. The van der Waals surface area contributed by atoms with Crippen LogP contribution in [0.2, 0.25) is 15.1 Å². The SMILES string of the molecule is Cl.N=C(N)N/N=C/c1cc(Cl)cc(Cl)c1Cl. The summed E-state index contributed by atoms with van der Waals surface area (Å²) in [6, 6.07) is 3.13. The Morgan fingerprint density at radius 2 is 2.00 bits per heavy atom. The predicted octanol–water partition coefficient (Wildman–Crippen LogP) is 2.89. The Kier molecular flexibility index (Phi) is 6.52. The topological polar surface area (TPSA) is 74.3 Å². The van der Waals surface area contributed by atoms with Gasteiger partial charge in [-0.2, -0.15) is 5.10 Å². The van der Waals surface area contributed by atoms with E-state index in [1.807, 2.05) is 0 Å². The zero-order chi connectivity index (χ0) is 11.4. The van der Waals surface area contributed by atoms with Gasteiger partial charge in [0, 0.05) is 10.6 Å². The van der Waals surface area contributed by atoms with Crippen LogP contribution in [0.1, 0.15) is 5.56 Å². The summed E-state index contributed by atoms with van der Waals surface area (Å²) in [5, 5.41) is 11.7. The Hall–Kier alpha value is -0.680. The lowest BCUT2D eigenvalue weighted by Crippen LogP contribution is -2.25. The molecular formula is C8H8Cl4N4. The van der Waals surface area contributed by atoms with E-state index in [1.54, 1.807) is 6.07 Å². The minimum absolute atomic E-state index is 0. The Morgan fingerprint density at radius 1 is 1.38 bits per heavy atom. The van der Waals surface area contributed by atoms with Crippen LogP contribution in [-0.2, 0) is 0 Å². The van der Waals surface area contributed by atoms with Crippen molar-refractivity contribution < 1.29 is 0 Å². The third kappa shape index (κ3) is 4.45. The van der Waals surface area contributed by atoms with Crippen LogP contribution in [0.3, 0.4) is 0 Å². The number of nitrogens with two attached hydrogens (primary N) is 1. The molecule has 4 nitrogen and oxygen atoms in total. The summed E-state index contributed by atoms with van der Waals surface area (Å²) in [7, 11) is 0. The van der Waals surface area contributed by atoms with E-state index in [0.717, 1.165) is 0 Å². The maximum Gasteiger partial charge on any atom is 0.206 e. The minimum atomic E-state index is -0.268. The van der Waals surface area contributed by atoms with Crippen molar-refractivity contribution in [3.05, 3.63) is 32.8 Å². The number of benzene rings is 1. The van der Waals surface area contributed by atoms with Crippen molar-refractivity contribution in [3.63, 3.8) is 0 Å². The van der Waals surface area contributed by atoms with Gasteiger partial charge in [-0.3, -0.25) is 5.41 Å². The second-order valence-electron chi connectivity index (χ2n) is 2.57. The van der Waals surface area contributed by atoms with E-state index in [9.17, 15) is 0 Å². The molecule has 0 amide bonds. The summed E-state index contributed by atoms with van der Waals surface area (Å²) in [4.78, 5) is 0. The van der Waals surface area contributed by atoms with Crippen LogP contribution in [-0.4, -0.2) is 12.2 Å². The molecule has 0 saturated heterocycles. The summed E-state index contributed by atoms with van der Waals surface area (Å²) in [5.74, 6) is -0.268. The van der Waals surface area contributed by atoms with E-state index in [-0.39, 0.29) is 18.4 Å². The standard InChI is InChI=1S/C8H7Cl3N4.ClH/c9-5-1-4(3-14-15-8(12)13)7(11)6(10)2-5;/h1-3H,(H4,12,13,15);1H/b14-3+;. The van der Waals surface area contributed by atoms with Gasteiger partial charge < -0.3 is 5.73 Å². The van der Waals surface area contributed by atoms with Gasteiger partial charge in [0.25, 0.3) is 0 Å². The van der Waals surface area contributed by atoms with Gasteiger partial charge in [-0.1, -0.05) is 34.8 Å². The molecule has 0 heterocycles. The highest BCUT2D eigenvalue weighted by Gasteiger charge is 2.04. The third-order valence-electron chi connectivity index (χ3n) is 1.41. The second kappa shape index (κ2) is 6.81. The normalized spacial score (nSPS) is 9.94. The minimum Gasteiger partial charge on any atom is -0.369 e. The third-order valence-corrected chi connectivity index (χ3v) is 2.44. The van der Waals surface area contributed by atoms with Gasteiger partial charge in [0.05, 0.1) is 16.3 Å². The summed E-state index contributed by atoms with van der Waals surface area (Å²) in [6.45, 7) is 0. The van der Waals surface area contributed by atoms with Crippen LogP contribution in [0, 0.1) is 5.41 Å². The second-order valence-corrected chi connectivity index (χ2v) is 3.80. The number of halogens is 4. The molecule has 88 valence electrons. The van der Waals surface area contributed by atoms with Gasteiger partial charge in [-0.15, -0.1) is 12.4 Å². The van der Waals surface area contributed by atoms with Gasteiger partial charge in [0.15, 0.2) is 0 Å². The van der Waals surface area contributed by atoms with E-state index in [4.69, 9.17) is 45.9 Å². The Labute approximate surface area is 114 Å². The van der Waals surface area contributed by atoms with E-state index >= 15 is 0 Å². The van der Waals surface area contributed by atoms with Gasteiger partial charge in [-0.05, 0) is 12.1 Å². The molecule has 0 aliphatic carbocycles. The zero-order valence-corrected chi connectivity index (χ0v) is 10.9. The molecular weight excluding hydrogens is 294 g/mol. The zero-order valence-electron chi connectivity index (χ0n) is 7.80. The van der Waals surface area contributed by atoms with Gasteiger partial charge >= 0.3 is 0 Å². The fraction of sp³-hybridized carbons (Fsp3) is 0. The first-order valence-corrected chi connectivity index (χ1v) is 4.91. The van der Waals surface area contributed by atoms with E-state index < -0.39 is 0 Å². The first-order chi connectivity index (χ1) is 7.00.